The Kier molecular flexibility index (Phi) is 4.99. The molecule has 2 aromatic rings. The summed E-state index contributed by atoms with van der Waals surface area (Å²) >= 11 is 0. The Morgan fingerprint density at radius 1 is 0.947 bits per heavy atom. The van der Waals surface area contributed by atoms with E-state index in [1.807, 2.05) is 12.1 Å². The van der Waals surface area contributed by atoms with Crippen LogP contribution >= 0.6 is 0 Å². The van der Waals surface area contributed by atoms with Crippen molar-refractivity contribution in [3.05, 3.63) is 65.2 Å². The van der Waals surface area contributed by atoms with Crippen LogP contribution < -0.4 is 10.1 Å². The standard InChI is InChI=1S/C17H21NO/c1-14-7-3-4-9-16(14)13-18-12-11-15-8-5-6-10-17(15)19-2/h3-10,18H,11-13H2,1-2H3. The maximum atomic E-state index is 5.35. The van der Waals surface area contributed by atoms with Gasteiger partial charge in [-0.2, -0.15) is 0 Å². The van der Waals surface area contributed by atoms with E-state index < -0.39 is 0 Å². The Labute approximate surface area is 115 Å². The molecule has 2 aromatic carbocycles. The van der Waals surface area contributed by atoms with Gasteiger partial charge in [0.25, 0.3) is 0 Å². The van der Waals surface area contributed by atoms with Crippen molar-refractivity contribution in [3.8, 4) is 5.75 Å². The van der Waals surface area contributed by atoms with Gasteiger partial charge in [0.2, 0.25) is 0 Å². The molecule has 0 fully saturated rings. The monoisotopic (exact) mass is 255 g/mol. The van der Waals surface area contributed by atoms with Gasteiger partial charge in [-0.15, -0.1) is 0 Å². The zero-order valence-corrected chi connectivity index (χ0v) is 11.6. The third-order valence-corrected chi connectivity index (χ3v) is 3.34. The summed E-state index contributed by atoms with van der Waals surface area (Å²) in [6.07, 6.45) is 0.982. The zero-order chi connectivity index (χ0) is 13.5. The summed E-state index contributed by atoms with van der Waals surface area (Å²) in [5.74, 6) is 0.972. The second-order valence-electron chi connectivity index (χ2n) is 4.67. The molecule has 0 aromatic heterocycles. The Balaban J connectivity index is 1.83. The van der Waals surface area contributed by atoms with E-state index in [1.54, 1.807) is 7.11 Å². The van der Waals surface area contributed by atoms with Crippen LogP contribution in [-0.2, 0) is 13.0 Å². The van der Waals surface area contributed by atoms with Crippen molar-refractivity contribution in [3.63, 3.8) is 0 Å². The topological polar surface area (TPSA) is 21.3 Å². The lowest BCUT2D eigenvalue weighted by Crippen LogP contribution is -2.17. The summed E-state index contributed by atoms with van der Waals surface area (Å²) in [5.41, 5.74) is 3.96. The summed E-state index contributed by atoms with van der Waals surface area (Å²) in [4.78, 5) is 0. The van der Waals surface area contributed by atoms with Crippen LogP contribution in [0.15, 0.2) is 48.5 Å². The number of aryl methyl sites for hydroxylation is 1. The lowest BCUT2D eigenvalue weighted by atomic mass is 10.1. The van der Waals surface area contributed by atoms with Crippen LogP contribution in [0.2, 0.25) is 0 Å². The molecule has 0 radical (unpaired) electrons. The van der Waals surface area contributed by atoms with Gasteiger partial charge >= 0.3 is 0 Å². The maximum absolute atomic E-state index is 5.35. The molecule has 0 spiro atoms. The molecule has 2 nitrogen and oxygen atoms in total. The Bertz CT molecular complexity index is 522. The first kappa shape index (κ1) is 13.6. The molecule has 0 aliphatic rings. The highest BCUT2D eigenvalue weighted by atomic mass is 16.5. The van der Waals surface area contributed by atoms with E-state index in [-0.39, 0.29) is 0 Å². The van der Waals surface area contributed by atoms with E-state index in [1.165, 1.54) is 16.7 Å². The Hall–Kier alpha value is -1.80. The Morgan fingerprint density at radius 3 is 2.37 bits per heavy atom. The molecule has 100 valence electrons. The van der Waals surface area contributed by atoms with E-state index in [9.17, 15) is 0 Å². The third kappa shape index (κ3) is 3.83. The van der Waals surface area contributed by atoms with Crippen LogP contribution in [0.4, 0.5) is 0 Å². The van der Waals surface area contributed by atoms with E-state index in [0.29, 0.717) is 0 Å². The summed E-state index contributed by atoms with van der Waals surface area (Å²) in [5, 5.41) is 3.49. The number of benzene rings is 2. The number of rotatable bonds is 6. The summed E-state index contributed by atoms with van der Waals surface area (Å²) in [6.45, 7) is 4.02. The number of ether oxygens (including phenoxy) is 1. The molecule has 1 N–H and O–H groups in total. The molecule has 0 bridgehead atoms. The number of nitrogens with one attached hydrogen (secondary N) is 1. The lowest BCUT2D eigenvalue weighted by molar-refractivity contribution is 0.409. The van der Waals surface area contributed by atoms with Crippen LogP contribution in [0.5, 0.6) is 5.75 Å². The van der Waals surface area contributed by atoms with Gasteiger partial charge in [0.15, 0.2) is 0 Å². The normalized spacial score (nSPS) is 10.4. The highest BCUT2D eigenvalue weighted by molar-refractivity contribution is 5.33. The van der Waals surface area contributed by atoms with Crippen LogP contribution in [0.1, 0.15) is 16.7 Å². The summed E-state index contributed by atoms with van der Waals surface area (Å²) in [7, 11) is 1.72. The molecule has 2 rings (SSSR count). The highest BCUT2D eigenvalue weighted by Crippen LogP contribution is 2.17. The van der Waals surface area contributed by atoms with Crippen molar-refractivity contribution < 1.29 is 4.74 Å². The average molecular weight is 255 g/mol. The highest BCUT2D eigenvalue weighted by Gasteiger charge is 2.01. The van der Waals surface area contributed by atoms with Gasteiger partial charge in [0, 0.05) is 6.54 Å². The summed E-state index contributed by atoms with van der Waals surface area (Å²) < 4.78 is 5.35. The molecule has 19 heavy (non-hydrogen) atoms. The molecule has 0 unspecified atom stereocenters. The van der Waals surface area contributed by atoms with Crippen LogP contribution in [0.25, 0.3) is 0 Å². The fourth-order valence-electron chi connectivity index (χ4n) is 2.16. The van der Waals surface area contributed by atoms with Gasteiger partial charge in [-0.3, -0.25) is 0 Å². The number of methoxy groups -OCH3 is 1. The second-order valence-corrected chi connectivity index (χ2v) is 4.67. The smallest absolute Gasteiger partial charge is 0.122 e. The minimum Gasteiger partial charge on any atom is -0.496 e. The molecular weight excluding hydrogens is 234 g/mol. The van der Waals surface area contributed by atoms with E-state index in [2.05, 4.69) is 48.6 Å². The van der Waals surface area contributed by atoms with Crippen molar-refractivity contribution in [2.24, 2.45) is 0 Å². The first-order chi connectivity index (χ1) is 9.31. The fraction of sp³-hybridized carbons (Fsp3) is 0.294. The van der Waals surface area contributed by atoms with E-state index >= 15 is 0 Å². The lowest BCUT2D eigenvalue weighted by Gasteiger charge is -2.10. The van der Waals surface area contributed by atoms with Crippen molar-refractivity contribution >= 4 is 0 Å². The van der Waals surface area contributed by atoms with Gasteiger partial charge in [-0.05, 0) is 42.6 Å². The number of para-hydroxylation sites is 1. The summed E-state index contributed by atoms with van der Waals surface area (Å²) in [6, 6.07) is 16.7. The minimum atomic E-state index is 0.918. The van der Waals surface area contributed by atoms with E-state index in [4.69, 9.17) is 4.74 Å². The van der Waals surface area contributed by atoms with Gasteiger partial charge in [0.05, 0.1) is 7.11 Å². The van der Waals surface area contributed by atoms with Crippen molar-refractivity contribution in [2.75, 3.05) is 13.7 Å². The molecule has 0 aliphatic heterocycles. The molecule has 0 amide bonds. The van der Waals surface area contributed by atoms with Crippen LogP contribution in [0.3, 0.4) is 0 Å². The number of hydrogen-bond acceptors (Lipinski definition) is 2. The van der Waals surface area contributed by atoms with Crippen LogP contribution in [-0.4, -0.2) is 13.7 Å². The quantitative estimate of drug-likeness (QED) is 0.799. The molecule has 0 saturated heterocycles. The third-order valence-electron chi connectivity index (χ3n) is 3.34. The van der Waals surface area contributed by atoms with Gasteiger partial charge < -0.3 is 10.1 Å². The predicted molar refractivity (Wildman–Crippen MR) is 79.6 cm³/mol. The van der Waals surface area contributed by atoms with Gasteiger partial charge in [0.1, 0.15) is 5.75 Å². The number of hydrogen-bond donors (Lipinski definition) is 1. The predicted octanol–water partition coefficient (Wildman–Crippen LogP) is 3.34. The Morgan fingerprint density at radius 2 is 1.63 bits per heavy atom. The van der Waals surface area contributed by atoms with Crippen molar-refractivity contribution in [1.29, 1.82) is 0 Å². The van der Waals surface area contributed by atoms with Crippen molar-refractivity contribution in [1.82, 2.24) is 5.32 Å². The first-order valence-electron chi connectivity index (χ1n) is 6.68. The second kappa shape index (κ2) is 6.95. The van der Waals surface area contributed by atoms with Gasteiger partial charge in [-0.1, -0.05) is 42.5 Å². The molecular formula is C17H21NO. The largest absolute Gasteiger partial charge is 0.496 e. The molecule has 0 saturated carbocycles. The fourth-order valence-corrected chi connectivity index (χ4v) is 2.16. The van der Waals surface area contributed by atoms with Gasteiger partial charge in [-0.25, -0.2) is 0 Å². The first-order valence-corrected chi connectivity index (χ1v) is 6.68. The molecule has 0 aliphatic carbocycles. The van der Waals surface area contributed by atoms with Crippen molar-refractivity contribution in [2.45, 2.75) is 19.9 Å². The van der Waals surface area contributed by atoms with Crippen LogP contribution in [0, 0.1) is 6.92 Å². The van der Waals surface area contributed by atoms with E-state index in [0.717, 1.165) is 25.3 Å². The minimum absolute atomic E-state index is 0.918. The molecule has 2 heteroatoms. The zero-order valence-electron chi connectivity index (χ0n) is 11.6. The molecule has 0 atom stereocenters. The average Bonchev–Trinajstić information content (AvgIpc) is 2.45. The SMILES string of the molecule is COc1ccccc1CCNCc1ccccc1C. The maximum Gasteiger partial charge on any atom is 0.122 e. The molecule has 0 heterocycles.